The number of rotatable bonds is 12. The molecule has 0 unspecified atom stereocenters. The molecule has 3 aromatic carbocycles. The lowest BCUT2D eigenvalue weighted by molar-refractivity contribution is -0.116. The summed E-state index contributed by atoms with van der Waals surface area (Å²) < 4.78 is 51.2. The molecular formula is C31H31IN2O7S. The number of carbonyl (C=O) groups is 1. The number of methoxy groups -OCH3 is 1. The molecule has 1 amide bonds. The molecule has 0 spiro atoms. The molecule has 0 aliphatic rings. The van der Waals surface area contributed by atoms with Crippen molar-refractivity contribution in [3.8, 4) is 23.1 Å². The highest BCUT2D eigenvalue weighted by Crippen LogP contribution is 2.34. The Hall–Kier alpha value is -3.68. The van der Waals surface area contributed by atoms with Crippen LogP contribution in [0.25, 0.3) is 0 Å². The molecular weight excluding hydrogens is 671 g/mol. The normalized spacial score (nSPS) is 11.2. The summed E-state index contributed by atoms with van der Waals surface area (Å²) in [5.74, 6) is 1.87. The zero-order chi connectivity index (χ0) is 30.3. The van der Waals surface area contributed by atoms with Gasteiger partial charge < -0.3 is 19.1 Å². The molecule has 0 saturated carbocycles. The number of carbonyl (C=O) groups excluding carboxylic acids is 1. The third kappa shape index (κ3) is 8.20. The van der Waals surface area contributed by atoms with Gasteiger partial charge in [-0.25, -0.2) is 4.98 Å². The summed E-state index contributed by atoms with van der Waals surface area (Å²) in [6.07, 6.45) is 2.75. The van der Waals surface area contributed by atoms with E-state index < -0.39 is 10.1 Å². The molecule has 42 heavy (non-hydrogen) atoms. The van der Waals surface area contributed by atoms with Crippen molar-refractivity contribution in [1.82, 2.24) is 4.98 Å². The third-order valence-corrected chi connectivity index (χ3v) is 8.08. The fraction of sp³-hybridized carbons (Fsp3) is 0.226. The van der Waals surface area contributed by atoms with Gasteiger partial charge in [-0.1, -0.05) is 6.07 Å². The number of ether oxygens (including phenoxy) is 3. The number of hydrogen-bond donors (Lipinski definition) is 1. The van der Waals surface area contributed by atoms with Gasteiger partial charge in [0.2, 0.25) is 11.8 Å². The van der Waals surface area contributed by atoms with Crippen LogP contribution >= 0.6 is 22.6 Å². The van der Waals surface area contributed by atoms with E-state index in [9.17, 15) is 17.8 Å². The number of anilines is 1. The van der Waals surface area contributed by atoms with Gasteiger partial charge in [-0.15, -0.1) is 0 Å². The van der Waals surface area contributed by atoms with Gasteiger partial charge in [0, 0.05) is 22.3 Å². The average molecular weight is 703 g/mol. The summed E-state index contributed by atoms with van der Waals surface area (Å²) in [4.78, 5) is 18.7. The molecule has 0 aliphatic carbocycles. The van der Waals surface area contributed by atoms with E-state index >= 15 is 0 Å². The number of aromatic nitrogens is 1. The van der Waals surface area contributed by atoms with E-state index in [-0.39, 0.29) is 17.3 Å². The predicted molar refractivity (Wildman–Crippen MR) is 168 cm³/mol. The lowest BCUT2D eigenvalue weighted by Crippen LogP contribution is -2.28. The minimum atomic E-state index is -4.28. The van der Waals surface area contributed by atoms with Crippen LogP contribution in [-0.2, 0) is 27.9 Å². The standard InChI is InChI=1S/C31H31IN2O7S/c1-21-8-14-28(42(36,37)38)19-23(21)6-5-17-40-30-15-13-27(39-3)18-24(30)20-34(22(2)35)29-7-4-16-33-31(29)41-26-11-9-25(32)10-12-26/h4,7-16,18-19H,5-6,17,20H2,1-3H3,(H,36,37,38). The number of amides is 1. The number of benzene rings is 3. The molecule has 0 radical (unpaired) electrons. The average Bonchev–Trinajstić information content (AvgIpc) is 2.96. The van der Waals surface area contributed by atoms with Crippen molar-refractivity contribution in [3.05, 3.63) is 99.3 Å². The van der Waals surface area contributed by atoms with Crippen molar-refractivity contribution < 1.29 is 32.0 Å². The molecule has 1 N–H and O–H groups in total. The summed E-state index contributed by atoms with van der Waals surface area (Å²) in [6.45, 7) is 3.87. The van der Waals surface area contributed by atoms with E-state index in [2.05, 4.69) is 27.6 Å². The van der Waals surface area contributed by atoms with Crippen LogP contribution in [-0.4, -0.2) is 37.6 Å². The molecule has 220 valence electrons. The molecule has 11 heteroatoms. The fourth-order valence-electron chi connectivity index (χ4n) is 4.29. The SMILES string of the molecule is COc1ccc(OCCCc2cc(S(=O)(=O)O)ccc2C)c(CN(C(C)=O)c2cccnc2Oc2ccc(I)cc2)c1. The van der Waals surface area contributed by atoms with Gasteiger partial charge >= 0.3 is 0 Å². The summed E-state index contributed by atoms with van der Waals surface area (Å²) in [5, 5.41) is 0. The van der Waals surface area contributed by atoms with Gasteiger partial charge in [0.15, 0.2) is 0 Å². The quantitative estimate of drug-likeness (QED) is 0.0998. The van der Waals surface area contributed by atoms with E-state index in [1.165, 1.54) is 19.1 Å². The Morgan fingerprint density at radius 2 is 1.74 bits per heavy atom. The van der Waals surface area contributed by atoms with Crippen LogP contribution in [0.1, 0.15) is 30.0 Å². The Morgan fingerprint density at radius 3 is 2.43 bits per heavy atom. The Bertz CT molecular complexity index is 1660. The molecule has 0 bridgehead atoms. The topological polar surface area (TPSA) is 115 Å². The smallest absolute Gasteiger partial charge is 0.294 e. The molecule has 9 nitrogen and oxygen atoms in total. The minimum Gasteiger partial charge on any atom is -0.497 e. The second kappa shape index (κ2) is 14.0. The highest BCUT2D eigenvalue weighted by molar-refractivity contribution is 14.1. The molecule has 4 aromatic rings. The Morgan fingerprint density at radius 1 is 1.00 bits per heavy atom. The number of hydrogen-bond acceptors (Lipinski definition) is 7. The summed E-state index contributed by atoms with van der Waals surface area (Å²) in [5.41, 5.74) is 2.96. The summed E-state index contributed by atoms with van der Waals surface area (Å²) in [6, 6.07) is 21.0. The molecule has 1 heterocycles. The van der Waals surface area contributed by atoms with Gasteiger partial charge in [0.1, 0.15) is 22.9 Å². The fourth-order valence-corrected chi connectivity index (χ4v) is 5.18. The minimum absolute atomic E-state index is 0.133. The second-order valence-electron chi connectivity index (χ2n) is 9.48. The van der Waals surface area contributed by atoms with Crippen molar-refractivity contribution in [2.75, 3.05) is 18.6 Å². The van der Waals surface area contributed by atoms with Gasteiger partial charge in [-0.2, -0.15) is 8.42 Å². The number of halogens is 1. The molecule has 1 aromatic heterocycles. The number of nitrogens with zero attached hydrogens (tertiary/aromatic N) is 2. The monoisotopic (exact) mass is 702 g/mol. The number of pyridine rings is 1. The van der Waals surface area contributed by atoms with Crippen LogP contribution in [0.5, 0.6) is 23.1 Å². The largest absolute Gasteiger partial charge is 0.497 e. The first kappa shape index (κ1) is 31.3. The summed E-state index contributed by atoms with van der Waals surface area (Å²) in [7, 11) is -2.71. The van der Waals surface area contributed by atoms with Crippen LogP contribution in [0.4, 0.5) is 5.69 Å². The van der Waals surface area contributed by atoms with E-state index in [0.717, 1.165) is 20.3 Å². The van der Waals surface area contributed by atoms with Crippen molar-refractivity contribution in [2.24, 2.45) is 0 Å². The van der Waals surface area contributed by atoms with Gasteiger partial charge in [-0.05, 0) is 120 Å². The third-order valence-electron chi connectivity index (χ3n) is 6.51. The zero-order valence-electron chi connectivity index (χ0n) is 23.4. The highest BCUT2D eigenvalue weighted by atomic mass is 127. The first-order valence-electron chi connectivity index (χ1n) is 13.1. The van der Waals surface area contributed by atoms with E-state index in [1.807, 2.05) is 37.3 Å². The number of aryl methyl sites for hydroxylation is 2. The Kier molecular flexibility index (Phi) is 10.4. The van der Waals surface area contributed by atoms with Crippen LogP contribution < -0.4 is 19.1 Å². The second-order valence-corrected chi connectivity index (χ2v) is 12.1. The lowest BCUT2D eigenvalue weighted by Gasteiger charge is -2.24. The van der Waals surface area contributed by atoms with Gasteiger partial charge in [0.05, 0.1) is 25.2 Å². The van der Waals surface area contributed by atoms with E-state index in [1.54, 1.807) is 48.5 Å². The maximum absolute atomic E-state index is 12.9. The molecule has 0 fully saturated rings. The Labute approximate surface area is 259 Å². The maximum Gasteiger partial charge on any atom is 0.294 e. The van der Waals surface area contributed by atoms with E-state index in [4.69, 9.17) is 14.2 Å². The Balaban J connectivity index is 1.53. The van der Waals surface area contributed by atoms with Crippen LogP contribution in [0, 0.1) is 10.5 Å². The first-order valence-corrected chi connectivity index (χ1v) is 15.6. The van der Waals surface area contributed by atoms with Crippen LogP contribution in [0.15, 0.2) is 83.9 Å². The zero-order valence-corrected chi connectivity index (χ0v) is 26.4. The highest BCUT2D eigenvalue weighted by Gasteiger charge is 2.21. The summed E-state index contributed by atoms with van der Waals surface area (Å²) >= 11 is 2.22. The molecule has 4 rings (SSSR count). The van der Waals surface area contributed by atoms with Gasteiger partial charge in [0.25, 0.3) is 10.1 Å². The molecule has 0 atom stereocenters. The van der Waals surface area contributed by atoms with Crippen molar-refractivity contribution in [1.29, 1.82) is 0 Å². The van der Waals surface area contributed by atoms with E-state index in [0.29, 0.717) is 48.3 Å². The van der Waals surface area contributed by atoms with Crippen LogP contribution in [0.2, 0.25) is 0 Å². The maximum atomic E-state index is 12.9. The van der Waals surface area contributed by atoms with Gasteiger partial charge in [-0.3, -0.25) is 9.35 Å². The van der Waals surface area contributed by atoms with Crippen molar-refractivity contribution >= 4 is 44.3 Å². The van der Waals surface area contributed by atoms with Crippen molar-refractivity contribution in [2.45, 2.75) is 38.1 Å². The lowest BCUT2D eigenvalue weighted by atomic mass is 10.0. The predicted octanol–water partition coefficient (Wildman–Crippen LogP) is 6.61. The van der Waals surface area contributed by atoms with Crippen LogP contribution in [0.3, 0.4) is 0 Å². The molecule has 0 saturated heterocycles. The first-order chi connectivity index (χ1) is 20.0. The van der Waals surface area contributed by atoms with Crippen molar-refractivity contribution in [3.63, 3.8) is 0 Å². The molecule has 0 aliphatic heterocycles.